The third-order valence-electron chi connectivity index (χ3n) is 2.74. The van der Waals surface area contributed by atoms with E-state index in [9.17, 15) is 4.79 Å². The van der Waals surface area contributed by atoms with Gasteiger partial charge in [-0.2, -0.15) is 0 Å². The Morgan fingerprint density at radius 3 is 2.52 bits per heavy atom. The third-order valence-corrected chi connectivity index (χ3v) is 4.02. The summed E-state index contributed by atoms with van der Waals surface area (Å²) in [7, 11) is 2.98. The number of carbonyl (C=O) groups is 1. The molecule has 2 rings (SSSR count). The molecule has 0 bridgehead atoms. The number of benzene rings is 1. The number of aryl methyl sites for hydroxylation is 1. The summed E-state index contributed by atoms with van der Waals surface area (Å²) in [6.07, 6.45) is 0. The first-order valence-corrected chi connectivity index (χ1v) is 7.11. The highest BCUT2D eigenvalue weighted by Gasteiger charge is 2.17. The number of nitrogens with zero attached hydrogens (tertiary/aromatic N) is 1. The molecule has 6 nitrogen and oxygen atoms in total. The minimum absolute atomic E-state index is 0.315. The van der Waals surface area contributed by atoms with Gasteiger partial charge in [-0.05, 0) is 6.92 Å². The predicted octanol–water partition coefficient (Wildman–Crippen LogP) is 2.96. The minimum Gasteiger partial charge on any atom is -0.495 e. The summed E-state index contributed by atoms with van der Waals surface area (Å²) in [4.78, 5) is 16.7. The molecule has 1 aromatic heterocycles. The molecule has 0 radical (unpaired) electrons. The second-order valence-electron chi connectivity index (χ2n) is 4.11. The van der Waals surface area contributed by atoms with Gasteiger partial charge in [0, 0.05) is 12.1 Å². The van der Waals surface area contributed by atoms with E-state index in [-0.39, 0.29) is 5.91 Å². The van der Waals surface area contributed by atoms with Gasteiger partial charge in [0.05, 0.1) is 30.6 Å². The van der Waals surface area contributed by atoms with Crippen LogP contribution in [-0.4, -0.2) is 25.1 Å². The van der Waals surface area contributed by atoms with Gasteiger partial charge in [-0.15, -0.1) is 0 Å². The Kier molecular flexibility index (Phi) is 4.54. The van der Waals surface area contributed by atoms with E-state index in [1.165, 1.54) is 14.2 Å². The molecule has 21 heavy (non-hydrogen) atoms. The number of rotatable bonds is 4. The molecule has 0 spiro atoms. The van der Waals surface area contributed by atoms with Crippen LogP contribution >= 0.6 is 22.9 Å². The maximum atomic E-state index is 12.3. The van der Waals surface area contributed by atoms with Gasteiger partial charge < -0.3 is 20.5 Å². The lowest BCUT2D eigenvalue weighted by molar-refractivity contribution is 0.102. The number of nitrogens with two attached hydrogens (primary N) is 1. The number of aromatic nitrogens is 1. The van der Waals surface area contributed by atoms with Crippen LogP contribution in [0.2, 0.25) is 5.02 Å². The van der Waals surface area contributed by atoms with E-state index in [2.05, 4.69) is 10.3 Å². The molecule has 3 N–H and O–H groups in total. The highest BCUT2D eigenvalue weighted by atomic mass is 35.5. The van der Waals surface area contributed by atoms with E-state index in [0.29, 0.717) is 37.9 Å². The van der Waals surface area contributed by atoms with Crippen LogP contribution in [0.5, 0.6) is 11.5 Å². The smallest absolute Gasteiger partial charge is 0.267 e. The van der Waals surface area contributed by atoms with Crippen LogP contribution in [0.25, 0.3) is 0 Å². The number of nitrogens with one attached hydrogen (secondary N) is 1. The Balaban J connectivity index is 2.34. The van der Waals surface area contributed by atoms with E-state index in [1.807, 2.05) is 0 Å². The highest BCUT2D eigenvalue weighted by Crippen LogP contribution is 2.36. The first-order chi connectivity index (χ1) is 9.96. The van der Waals surface area contributed by atoms with E-state index < -0.39 is 0 Å². The second kappa shape index (κ2) is 6.19. The van der Waals surface area contributed by atoms with Crippen molar-refractivity contribution >= 4 is 39.7 Å². The van der Waals surface area contributed by atoms with Crippen molar-refractivity contribution in [3.8, 4) is 11.5 Å². The Morgan fingerprint density at radius 1 is 1.33 bits per heavy atom. The Labute approximate surface area is 130 Å². The number of nitrogen functional groups attached to an aromatic ring is 1. The molecule has 0 aliphatic heterocycles. The van der Waals surface area contributed by atoms with Gasteiger partial charge in [-0.3, -0.25) is 4.79 Å². The average molecular weight is 328 g/mol. The molecule has 0 unspecified atom stereocenters. The lowest BCUT2D eigenvalue weighted by atomic mass is 10.2. The number of ether oxygens (including phenoxy) is 2. The van der Waals surface area contributed by atoms with Crippen LogP contribution in [-0.2, 0) is 0 Å². The van der Waals surface area contributed by atoms with Crippen LogP contribution in [0, 0.1) is 6.92 Å². The number of methoxy groups -OCH3 is 2. The number of amides is 1. The molecule has 0 saturated heterocycles. The molecule has 0 aliphatic rings. The van der Waals surface area contributed by atoms with Crippen molar-refractivity contribution in [1.82, 2.24) is 4.98 Å². The zero-order chi connectivity index (χ0) is 15.6. The minimum atomic E-state index is -0.315. The standard InChI is InChI=1S/C13H14ClN3O3S/c1-6-11(21-13(15)16-6)12(18)17-8-5-9(19-2)7(14)4-10(8)20-3/h4-5H,1-3H3,(H2,15,16)(H,17,18). The summed E-state index contributed by atoms with van der Waals surface area (Å²) in [5.74, 6) is 0.557. The van der Waals surface area contributed by atoms with Gasteiger partial charge in [0.15, 0.2) is 5.13 Å². The second-order valence-corrected chi connectivity index (χ2v) is 5.55. The highest BCUT2D eigenvalue weighted by molar-refractivity contribution is 7.17. The van der Waals surface area contributed by atoms with Gasteiger partial charge in [0.1, 0.15) is 16.4 Å². The van der Waals surface area contributed by atoms with Crippen molar-refractivity contribution in [2.75, 3.05) is 25.3 Å². The van der Waals surface area contributed by atoms with Crippen molar-refractivity contribution in [3.05, 3.63) is 27.7 Å². The SMILES string of the molecule is COc1cc(NC(=O)c2sc(N)nc2C)c(OC)cc1Cl. The summed E-state index contributed by atoms with van der Waals surface area (Å²) in [5.41, 5.74) is 6.63. The van der Waals surface area contributed by atoms with Crippen molar-refractivity contribution in [1.29, 1.82) is 0 Å². The first kappa shape index (κ1) is 15.4. The predicted molar refractivity (Wildman–Crippen MR) is 83.8 cm³/mol. The Morgan fingerprint density at radius 2 is 2.00 bits per heavy atom. The number of anilines is 2. The Hall–Kier alpha value is -1.99. The maximum absolute atomic E-state index is 12.3. The fourth-order valence-corrected chi connectivity index (χ4v) is 2.72. The molecular formula is C13H14ClN3O3S. The number of hydrogen-bond acceptors (Lipinski definition) is 6. The summed E-state index contributed by atoms with van der Waals surface area (Å²) < 4.78 is 10.3. The summed E-state index contributed by atoms with van der Waals surface area (Å²) in [6, 6.07) is 3.17. The van der Waals surface area contributed by atoms with Gasteiger partial charge in [0.25, 0.3) is 5.91 Å². The fraction of sp³-hybridized carbons (Fsp3) is 0.231. The van der Waals surface area contributed by atoms with Crippen LogP contribution in [0.1, 0.15) is 15.4 Å². The normalized spacial score (nSPS) is 10.3. The summed E-state index contributed by atoms with van der Waals surface area (Å²) in [5, 5.41) is 3.49. The molecule has 1 amide bonds. The molecule has 0 fully saturated rings. The van der Waals surface area contributed by atoms with Crippen molar-refractivity contribution in [2.24, 2.45) is 0 Å². The molecule has 0 aliphatic carbocycles. The van der Waals surface area contributed by atoms with Crippen LogP contribution < -0.4 is 20.5 Å². The number of halogens is 1. The Bertz CT molecular complexity index is 688. The molecule has 2 aromatic rings. The van der Waals surface area contributed by atoms with Crippen LogP contribution in [0.15, 0.2) is 12.1 Å². The number of thiazole rings is 1. The lowest BCUT2D eigenvalue weighted by Crippen LogP contribution is -2.12. The lowest BCUT2D eigenvalue weighted by Gasteiger charge is -2.12. The molecule has 112 valence electrons. The molecule has 1 aromatic carbocycles. The molecular weight excluding hydrogens is 314 g/mol. The van der Waals surface area contributed by atoms with E-state index in [0.717, 1.165) is 11.3 Å². The monoisotopic (exact) mass is 327 g/mol. The molecule has 8 heteroatoms. The third kappa shape index (κ3) is 3.20. The first-order valence-electron chi connectivity index (χ1n) is 5.92. The quantitative estimate of drug-likeness (QED) is 0.901. The molecule has 0 atom stereocenters. The zero-order valence-corrected chi connectivity index (χ0v) is 13.3. The maximum Gasteiger partial charge on any atom is 0.267 e. The number of hydrogen-bond donors (Lipinski definition) is 2. The van der Waals surface area contributed by atoms with Crippen molar-refractivity contribution in [2.45, 2.75) is 6.92 Å². The van der Waals surface area contributed by atoms with Crippen molar-refractivity contribution < 1.29 is 14.3 Å². The van der Waals surface area contributed by atoms with E-state index >= 15 is 0 Å². The van der Waals surface area contributed by atoms with Crippen LogP contribution in [0.4, 0.5) is 10.8 Å². The van der Waals surface area contributed by atoms with Crippen molar-refractivity contribution in [3.63, 3.8) is 0 Å². The molecule has 0 saturated carbocycles. The fourth-order valence-electron chi connectivity index (χ4n) is 1.77. The van der Waals surface area contributed by atoms with E-state index in [4.69, 9.17) is 26.8 Å². The van der Waals surface area contributed by atoms with Crippen LogP contribution in [0.3, 0.4) is 0 Å². The molecule has 1 heterocycles. The summed E-state index contributed by atoms with van der Waals surface area (Å²) >= 11 is 7.14. The topological polar surface area (TPSA) is 86.5 Å². The van der Waals surface area contributed by atoms with E-state index in [1.54, 1.807) is 19.1 Å². The largest absolute Gasteiger partial charge is 0.495 e. The van der Waals surface area contributed by atoms with Gasteiger partial charge in [0.2, 0.25) is 0 Å². The zero-order valence-electron chi connectivity index (χ0n) is 11.7. The number of carbonyl (C=O) groups excluding carboxylic acids is 1. The van der Waals surface area contributed by atoms with Gasteiger partial charge in [-0.25, -0.2) is 4.98 Å². The van der Waals surface area contributed by atoms with Gasteiger partial charge in [-0.1, -0.05) is 22.9 Å². The van der Waals surface area contributed by atoms with Gasteiger partial charge >= 0.3 is 0 Å². The average Bonchev–Trinajstić information content (AvgIpc) is 2.79. The summed E-state index contributed by atoms with van der Waals surface area (Å²) in [6.45, 7) is 1.72.